The Bertz CT molecular complexity index is 1230. The predicted octanol–water partition coefficient (Wildman–Crippen LogP) is 4.51. The fourth-order valence-electron chi connectivity index (χ4n) is 2.98. The third kappa shape index (κ3) is 4.69. The summed E-state index contributed by atoms with van der Waals surface area (Å²) in [6.45, 7) is 4.82. The normalized spacial score (nSPS) is 11.3. The average molecular weight is 467 g/mol. The van der Waals surface area contributed by atoms with Crippen LogP contribution in [-0.2, 0) is 15.8 Å². The van der Waals surface area contributed by atoms with Gasteiger partial charge in [-0.1, -0.05) is 0 Å². The molecule has 0 radical (unpaired) electrons. The van der Waals surface area contributed by atoms with Crippen molar-refractivity contribution in [1.29, 1.82) is 0 Å². The van der Waals surface area contributed by atoms with E-state index < -0.39 is 35.3 Å². The van der Waals surface area contributed by atoms with Gasteiger partial charge < -0.3 is 9.47 Å². The number of carbonyl (C=O) groups is 3. The van der Waals surface area contributed by atoms with Crippen molar-refractivity contribution in [2.45, 2.75) is 33.9 Å². The molecule has 8 nitrogen and oxygen atoms in total. The molecule has 0 atom stereocenters. The van der Waals surface area contributed by atoms with Crippen molar-refractivity contribution in [3.05, 3.63) is 34.3 Å². The van der Waals surface area contributed by atoms with Gasteiger partial charge in [-0.05, 0) is 19.1 Å². The molecule has 0 aliphatic rings. The minimum atomic E-state index is -4.94. The van der Waals surface area contributed by atoms with Crippen molar-refractivity contribution >= 4 is 29.2 Å². The largest absolute Gasteiger partial charge is 0.434 e. The number of thiazole rings is 1. The Labute approximate surface area is 183 Å². The summed E-state index contributed by atoms with van der Waals surface area (Å²) in [5, 5.41) is 5.81. The third-order valence-corrected chi connectivity index (χ3v) is 4.82. The zero-order valence-electron chi connectivity index (χ0n) is 17.2. The number of nitrogens with zero attached hydrogens (tertiary/aromatic N) is 3. The molecule has 0 unspecified atom stereocenters. The molecule has 0 saturated carbocycles. The van der Waals surface area contributed by atoms with E-state index in [2.05, 4.69) is 10.1 Å². The zero-order chi connectivity index (χ0) is 23.8. The summed E-state index contributed by atoms with van der Waals surface area (Å²) in [5.41, 5.74) is -2.08. The average Bonchev–Trinajstić information content (AvgIpc) is 3.24. The van der Waals surface area contributed by atoms with E-state index in [0.29, 0.717) is 5.01 Å². The Kier molecular flexibility index (Phi) is 6.17. The van der Waals surface area contributed by atoms with Gasteiger partial charge in [-0.25, -0.2) is 4.98 Å². The van der Waals surface area contributed by atoms with Gasteiger partial charge in [0, 0.05) is 37.8 Å². The highest BCUT2D eigenvalue weighted by Crippen LogP contribution is 2.45. The van der Waals surface area contributed by atoms with Crippen LogP contribution in [0.25, 0.3) is 22.5 Å². The van der Waals surface area contributed by atoms with E-state index in [-0.39, 0.29) is 33.1 Å². The van der Waals surface area contributed by atoms with E-state index in [1.165, 1.54) is 23.6 Å². The quantitative estimate of drug-likeness (QED) is 0.411. The maximum absolute atomic E-state index is 14.0. The van der Waals surface area contributed by atoms with Crippen molar-refractivity contribution in [2.75, 3.05) is 0 Å². The molecule has 0 N–H and O–H groups in total. The third-order valence-electron chi connectivity index (χ3n) is 4.05. The van der Waals surface area contributed by atoms with E-state index in [1.54, 1.807) is 6.92 Å². The molecule has 0 aliphatic carbocycles. The molecule has 2 aromatic heterocycles. The van der Waals surface area contributed by atoms with E-state index in [4.69, 9.17) is 9.47 Å². The fraction of sp³-hybridized carbons (Fsp3) is 0.250. The van der Waals surface area contributed by atoms with Crippen molar-refractivity contribution < 1.29 is 37.0 Å². The molecule has 0 aliphatic heterocycles. The van der Waals surface area contributed by atoms with E-state index >= 15 is 0 Å². The van der Waals surface area contributed by atoms with Crippen molar-refractivity contribution in [3.63, 3.8) is 0 Å². The lowest BCUT2D eigenvalue weighted by Gasteiger charge is -2.12. The lowest BCUT2D eigenvalue weighted by atomic mass is 10.0. The Hall–Kier alpha value is -3.54. The van der Waals surface area contributed by atoms with Crippen LogP contribution in [0.15, 0.2) is 23.6 Å². The second-order valence-corrected chi connectivity index (χ2v) is 7.66. The molecular formula is C20H16F3N3O5S. The standard InChI is InChI=1S/C20H16F3N3O5S/c1-9-24-15(8-32-9)17-18(25-26(10(2)27)19(17)20(21,22)23)14-6-5-13(30-11(3)28)7-16(14)31-12(4)29/h5-8H,1-4H3. The van der Waals surface area contributed by atoms with Gasteiger partial charge in [-0.3, -0.25) is 14.4 Å². The molecule has 2 heterocycles. The first-order valence-electron chi connectivity index (χ1n) is 9.03. The van der Waals surface area contributed by atoms with Gasteiger partial charge in [0.05, 0.1) is 16.3 Å². The molecule has 168 valence electrons. The van der Waals surface area contributed by atoms with Gasteiger partial charge in [-0.15, -0.1) is 11.3 Å². The van der Waals surface area contributed by atoms with Crippen molar-refractivity contribution in [3.8, 4) is 34.0 Å². The number of hydrogen-bond donors (Lipinski definition) is 0. The molecule has 0 spiro atoms. The van der Waals surface area contributed by atoms with Gasteiger partial charge in [0.1, 0.15) is 17.2 Å². The number of esters is 2. The first-order chi connectivity index (χ1) is 14.9. The predicted molar refractivity (Wildman–Crippen MR) is 107 cm³/mol. The molecule has 3 rings (SSSR count). The maximum Gasteiger partial charge on any atom is 0.434 e. The van der Waals surface area contributed by atoms with Crippen LogP contribution in [0.3, 0.4) is 0 Å². The van der Waals surface area contributed by atoms with Crippen LogP contribution in [0.2, 0.25) is 0 Å². The molecule has 3 aromatic rings. The van der Waals surface area contributed by atoms with Crippen LogP contribution < -0.4 is 9.47 Å². The number of benzene rings is 1. The second-order valence-electron chi connectivity index (χ2n) is 6.60. The molecule has 1 aromatic carbocycles. The molecule has 32 heavy (non-hydrogen) atoms. The van der Waals surface area contributed by atoms with Crippen LogP contribution in [0.5, 0.6) is 11.5 Å². The SMILES string of the molecule is CC(=O)Oc1ccc(-c2nn(C(C)=O)c(C(F)(F)F)c2-c2csc(C)n2)c(OC(C)=O)c1. The molecule has 0 saturated heterocycles. The topological polar surface area (TPSA) is 100 Å². The summed E-state index contributed by atoms with van der Waals surface area (Å²) < 4.78 is 52.4. The van der Waals surface area contributed by atoms with Gasteiger partial charge in [-0.2, -0.15) is 23.0 Å². The summed E-state index contributed by atoms with van der Waals surface area (Å²) in [6.07, 6.45) is -4.94. The second kappa shape index (κ2) is 8.54. The smallest absolute Gasteiger partial charge is 0.427 e. The van der Waals surface area contributed by atoms with Crippen LogP contribution in [0.4, 0.5) is 13.2 Å². The lowest BCUT2D eigenvalue weighted by Crippen LogP contribution is -2.19. The Balaban J connectivity index is 2.38. The number of alkyl halides is 3. The van der Waals surface area contributed by atoms with Gasteiger partial charge >= 0.3 is 18.1 Å². The van der Waals surface area contributed by atoms with E-state index in [0.717, 1.165) is 32.1 Å². The molecule has 0 bridgehead atoms. The monoisotopic (exact) mass is 467 g/mol. The van der Waals surface area contributed by atoms with Crippen LogP contribution in [0.1, 0.15) is 36.3 Å². The summed E-state index contributed by atoms with van der Waals surface area (Å²) in [7, 11) is 0. The summed E-state index contributed by atoms with van der Waals surface area (Å²) in [5.74, 6) is -2.58. The number of rotatable bonds is 4. The van der Waals surface area contributed by atoms with Gasteiger partial charge in [0.15, 0.2) is 5.69 Å². The highest BCUT2D eigenvalue weighted by atomic mass is 32.1. The molecule has 0 fully saturated rings. The van der Waals surface area contributed by atoms with Crippen LogP contribution >= 0.6 is 11.3 Å². The summed E-state index contributed by atoms with van der Waals surface area (Å²) in [6, 6.07) is 3.76. The maximum atomic E-state index is 14.0. The van der Waals surface area contributed by atoms with Crippen LogP contribution in [-0.4, -0.2) is 32.6 Å². The number of hydrogen-bond acceptors (Lipinski definition) is 8. The molecule has 0 amide bonds. The highest BCUT2D eigenvalue weighted by Gasteiger charge is 2.42. The minimum Gasteiger partial charge on any atom is -0.427 e. The van der Waals surface area contributed by atoms with Crippen LogP contribution in [0, 0.1) is 6.92 Å². The highest BCUT2D eigenvalue weighted by molar-refractivity contribution is 7.09. The Morgan fingerprint density at radius 3 is 2.22 bits per heavy atom. The first kappa shape index (κ1) is 23.1. The summed E-state index contributed by atoms with van der Waals surface area (Å²) >= 11 is 1.12. The van der Waals surface area contributed by atoms with E-state index in [9.17, 15) is 27.6 Å². The number of carbonyl (C=O) groups excluding carboxylic acids is 3. The van der Waals surface area contributed by atoms with E-state index in [1.807, 2.05) is 0 Å². The van der Waals surface area contributed by atoms with Gasteiger partial charge in [0.2, 0.25) is 5.91 Å². The lowest BCUT2D eigenvalue weighted by molar-refractivity contribution is -0.142. The Morgan fingerprint density at radius 1 is 1.06 bits per heavy atom. The number of halogens is 3. The number of aryl methyl sites for hydroxylation is 1. The number of ether oxygens (including phenoxy) is 2. The molecule has 12 heteroatoms. The number of aromatic nitrogens is 3. The first-order valence-corrected chi connectivity index (χ1v) is 9.91. The minimum absolute atomic E-state index is 0.00518. The van der Waals surface area contributed by atoms with Crippen molar-refractivity contribution in [2.24, 2.45) is 0 Å². The van der Waals surface area contributed by atoms with Crippen molar-refractivity contribution in [1.82, 2.24) is 14.8 Å². The Morgan fingerprint density at radius 2 is 1.72 bits per heavy atom. The fourth-order valence-corrected chi connectivity index (χ4v) is 3.59. The zero-order valence-corrected chi connectivity index (χ0v) is 18.1. The summed E-state index contributed by atoms with van der Waals surface area (Å²) in [4.78, 5) is 39.1. The molecular weight excluding hydrogens is 451 g/mol. The van der Waals surface area contributed by atoms with Gasteiger partial charge in [0.25, 0.3) is 0 Å².